The first-order valence-corrected chi connectivity index (χ1v) is 12.7. The topological polar surface area (TPSA) is 61.4 Å². The van der Waals surface area contributed by atoms with Gasteiger partial charge in [0.25, 0.3) is 0 Å². The molecule has 5 rings (SSSR count). The van der Waals surface area contributed by atoms with E-state index in [2.05, 4.69) is 36.6 Å². The Bertz CT molecular complexity index is 1290. The molecule has 2 aliphatic carbocycles. The summed E-state index contributed by atoms with van der Waals surface area (Å²) in [6.07, 6.45) is 0.296. The van der Waals surface area contributed by atoms with Gasteiger partial charge in [-0.25, -0.2) is 4.79 Å². The van der Waals surface area contributed by atoms with Crippen molar-refractivity contribution in [1.29, 1.82) is 0 Å². The fourth-order valence-electron chi connectivity index (χ4n) is 6.76. The highest BCUT2D eigenvalue weighted by molar-refractivity contribution is 5.95. The molecule has 7 heteroatoms. The number of fused-ring (bicyclic) bond motifs is 1. The minimum Gasteiger partial charge on any atom is -0.478 e. The molecule has 37 heavy (non-hydrogen) atoms. The molecule has 2 aliphatic rings. The number of hydrogen-bond acceptors (Lipinski definition) is 3. The Labute approximate surface area is 214 Å². The number of aromatic carboxylic acids is 1. The Kier molecular flexibility index (Phi) is 6.42. The van der Waals surface area contributed by atoms with E-state index in [0.29, 0.717) is 23.4 Å². The van der Waals surface area contributed by atoms with Gasteiger partial charge < -0.3 is 15.7 Å². The van der Waals surface area contributed by atoms with Crippen molar-refractivity contribution in [2.45, 2.75) is 51.1 Å². The van der Waals surface area contributed by atoms with E-state index in [1.807, 2.05) is 12.1 Å². The highest BCUT2D eigenvalue weighted by atomic mass is 19.4. The van der Waals surface area contributed by atoms with Gasteiger partial charge in [-0.15, -0.1) is 0 Å². The van der Waals surface area contributed by atoms with Crippen LogP contribution in [0.5, 0.6) is 0 Å². The summed E-state index contributed by atoms with van der Waals surface area (Å²) in [5.74, 6) is 0.914. The molecule has 3 aromatic rings. The van der Waals surface area contributed by atoms with Crippen molar-refractivity contribution in [2.75, 3.05) is 10.6 Å². The van der Waals surface area contributed by atoms with Crippen LogP contribution in [0.2, 0.25) is 0 Å². The maximum Gasteiger partial charge on any atom is 0.418 e. The van der Waals surface area contributed by atoms with Crippen molar-refractivity contribution in [1.82, 2.24) is 0 Å². The Hall–Kier alpha value is -3.48. The van der Waals surface area contributed by atoms with Crippen LogP contribution < -0.4 is 10.6 Å². The maximum absolute atomic E-state index is 14.0. The number of carboxylic acids is 1. The van der Waals surface area contributed by atoms with E-state index in [0.717, 1.165) is 11.8 Å². The fourth-order valence-corrected chi connectivity index (χ4v) is 6.76. The number of hydrogen-bond donors (Lipinski definition) is 3. The lowest BCUT2D eigenvalue weighted by Gasteiger charge is -2.31. The van der Waals surface area contributed by atoms with Crippen LogP contribution in [0.25, 0.3) is 0 Å². The van der Waals surface area contributed by atoms with E-state index in [1.54, 1.807) is 12.1 Å². The molecule has 0 spiro atoms. The zero-order valence-corrected chi connectivity index (χ0v) is 20.9. The third kappa shape index (κ3) is 4.91. The van der Waals surface area contributed by atoms with Crippen LogP contribution in [0, 0.1) is 17.8 Å². The van der Waals surface area contributed by atoms with Crippen molar-refractivity contribution in [3.05, 3.63) is 83.4 Å². The molecule has 3 aromatic carbocycles. The minimum atomic E-state index is -4.63. The number of benzene rings is 3. The van der Waals surface area contributed by atoms with Crippen molar-refractivity contribution >= 4 is 28.7 Å². The summed E-state index contributed by atoms with van der Waals surface area (Å²) >= 11 is 0. The number of para-hydroxylation sites is 1. The van der Waals surface area contributed by atoms with Gasteiger partial charge in [-0.1, -0.05) is 38.1 Å². The van der Waals surface area contributed by atoms with E-state index in [-0.39, 0.29) is 22.4 Å². The third-order valence-corrected chi connectivity index (χ3v) is 8.08. The average molecular weight is 509 g/mol. The lowest BCUT2D eigenvalue weighted by Crippen LogP contribution is -2.25. The van der Waals surface area contributed by atoms with Gasteiger partial charge in [-0.2, -0.15) is 13.2 Å². The van der Waals surface area contributed by atoms with Crippen LogP contribution in [0.15, 0.2) is 66.7 Å². The summed E-state index contributed by atoms with van der Waals surface area (Å²) < 4.78 is 41.9. The molecule has 0 radical (unpaired) electrons. The molecule has 194 valence electrons. The second-order valence-electron chi connectivity index (χ2n) is 10.9. The summed E-state index contributed by atoms with van der Waals surface area (Å²) in [5.41, 5.74) is 1.49. The van der Waals surface area contributed by atoms with Crippen LogP contribution in [0.4, 0.5) is 35.9 Å². The Morgan fingerprint density at radius 1 is 0.865 bits per heavy atom. The Morgan fingerprint density at radius 3 is 2.11 bits per heavy atom. The third-order valence-electron chi connectivity index (χ3n) is 8.08. The summed E-state index contributed by atoms with van der Waals surface area (Å²) in [7, 11) is 0. The van der Waals surface area contributed by atoms with Gasteiger partial charge in [0.1, 0.15) is 0 Å². The van der Waals surface area contributed by atoms with Gasteiger partial charge in [0, 0.05) is 11.4 Å². The molecule has 2 saturated carbocycles. The Morgan fingerprint density at radius 2 is 1.49 bits per heavy atom. The van der Waals surface area contributed by atoms with Crippen LogP contribution in [-0.4, -0.2) is 11.1 Å². The van der Waals surface area contributed by atoms with E-state index < -0.39 is 17.7 Å². The second kappa shape index (κ2) is 9.43. The summed E-state index contributed by atoms with van der Waals surface area (Å²) in [6.45, 7) is 4.66. The van der Waals surface area contributed by atoms with Crippen molar-refractivity contribution in [3.63, 3.8) is 0 Å². The van der Waals surface area contributed by atoms with E-state index in [4.69, 9.17) is 0 Å². The first-order valence-electron chi connectivity index (χ1n) is 12.7. The number of anilines is 4. The summed E-state index contributed by atoms with van der Waals surface area (Å²) in [6, 6.07) is 18.0. The van der Waals surface area contributed by atoms with E-state index in [9.17, 15) is 23.1 Å². The maximum atomic E-state index is 14.0. The molecular formula is C30H31F3N2O2. The van der Waals surface area contributed by atoms with E-state index in [1.165, 1.54) is 55.5 Å². The lowest BCUT2D eigenvalue weighted by molar-refractivity contribution is -0.136. The zero-order chi connectivity index (χ0) is 26.4. The predicted molar refractivity (Wildman–Crippen MR) is 140 cm³/mol. The van der Waals surface area contributed by atoms with Gasteiger partial charge in [0.2, 0.25) is 0 Å². The predicted octanol–water partition coefficient (Wildman–Crippen LogP) is 8.60. The van der Waals surface area contributed by atoms with Gasteiger partial charge in [0.15, 0.2) is 0 Å². The average Bonchev–Trinajstić information content (AvgIpc) is 3.31. The van der Waals surface area contributed by atoms with Crippen LogP contribution in [0.1, 0.15) is 61.0 Å². The zero-order valence-electron chi connectivity index (χ0n) is 20.9. The number of alkyl halides is 3. The lowest BCUT2D eigenvalue weighted by atomic mass is 9.73. The molecule has 0 aromatic heterocycles. The van der Waals surface area contributed by atoms with Gasteiger partial charge in [-0.3, -0.25) is 0 Å². The number of carboxylic acid groups (broad SMARTS) is 1. The van der Waals surface area contributed by atoms with Crippen molar-refractivity contribution < 1.29 is 23.1 Å². The van der Waals surface area contributed by atoms with Crippen LogP contribution >= 0.6 is 0 Å². The quantitative estimate of drug-likeness (QED) is 0.312. The van der Waals surface area contributed by atoms with Gasteiger partial charge in [0.05, 0.1) is 22.5 Å². The summed E-state index contributed by atoms with van der Waals surface area (Å²) in [4.78, 5) is 11.5. The highest BCUT2D eigenvalue weighted by Gasteiger charge is 2.51. The SMILES string of the molecule is CC1CC2CC(C)CC2(c2ccc(Nc3ccc(Nc4ccccc4C(=O)O)c(C(F)(F)F)c3)cc2)C1. The minimum absolute atomic E-state index is 0.0944. The second-order valence-corrected chi connectivity index (χ2v) is 10.9. The van der Waals surface area contributed by atoms with Crippen molar-refractivity contribution in [3.8, 4) is 0 Å². The first kappa shape index (κ1) is 25.2. The standard InChI is InChI=1S/C30H31F3N2O2/c1-18-13-21-14-19(2)17-29(21,16-18)20-7-9-22(10-8-20)34-23-11-12-27(25(15-23)30(31,32)33)35-26-6-4-3-5-24(26)28(36)37/h3-12,15,18-19,21,34-35H,13-14,16-17H2,1-2H3,(H,36,37). The molecule has 2 fully saturated rings. The van der Waals surface area contributed by atoms with E-state index >= 15 is 0 Å². The molecule has 0 amide bonds. The van der Waals surface area contributed by atoms with Gasteiger partial charge >= 0.3 is 12.1 Å². The molecular weight excluding hydrogens is 477 g/mol. The fraction of sp³-hybridized carbons (Fsp3) is 0.367. The number of carbonyl (C=O) groups is 1. The molecule has 0 heterocycles. The van der Waals surface area contributed by atoms with Crippen molar-refractivity contribution in [2.24, 2.45) is 17.8 Å². The summed E-state index contributed by atoms with van der Waals surface area (Å²) in [5, 5.41) is 15.1. The first-order chi connectivity index (χ1) is 17.5. The molecule has 2 unspecified atom stereocenters. The molecule has 3 N–H and O–H groups in total. The largest absolute Gasteiger partial charge is 0.478 e. The Balaban J connectivity index is 1.39. The normalized spacial score (nSPS) is 25.1. The van der Waals surface area contributed by atoms with Gasteiger partial charge in [-0.05, 0) is 96.9 Å². The number of nitrogens with one attached hydrogen (secondary N) is 2. The molecule has 4 nitrogen and oxygen atoms in total. The number of halogens is 3. The number of rotatable bonds is 6. The monoisotopic (exact) mass is 508 g/mol. The molecule has 2 atom stereocenters. The smallest absolute Gasteiger partial charge is 0.418 e. The molecule has 0 saturated heterocycles. The highest BCUT2D eigenvalue weighted by Crippen LogP contribution is 2.59. The molecule has 0 bridgehead atoms. The molecule has 0 aliphatic heterocycles. The van der Waals surface area contributed by atoms with Crippen LogP contribution in [0.3, 0.4) is 0 Å². The van der Waals surface area contributed by atoms with Crippen LogP contribution in [-0.2, 0) is 11.6 Å².